The summed E-state index contributed by atoms with van der Waals surface area (Å²) in [7, 11) is -3.66. The smallest absolute Gasteiger partial charge is 0.303 e. The molecule has 0 aromatic heterocycles. The molecule has 0 bridgehead atoms. The number of carbonyl (C=O) groups is 3. The van der Waals surface area contributed by atoms with Gasteiger partial charge in [0.25, 0.3) is 11.8 Å². The molecule has 1 aliphatic heterocycles. The fourth-order valence-electron chi connectivity index (χ4n) is 3.57. The fourth-order valence-corrected chi connectivity index (χ4v) is 4.12. The number of aryl methyl sites for hydroxylation is 1. The number of carbonyl (C=O) groups excluding carboxylic acids is 2. The van der Waals surface area contributed by atoms with E-state index in [1.165, 1.54) is 17.7 Å². The largest absolute Gasteiger partial charge is 0.491 e. The van der Waals surface area contributed by atoms with Crippen LogP contribution in [0.5, 0.6) is 5.75 Å². The second kappa shape index (κ2) is 10.5. The van der Waals surface area contributed by atoms with Crippen LogP contribution in [0.3, 0.4) is 0 Å². The lowest BCUT2D eigenvalue weighted by Crippen LogP contribution is -2.31. The van der Waals surface area contributed by atoms with Crippen LogP contribution in [0, 0.1) is 0 Å². The lowest BCUT2D eigenvalue weighted by molar-refractivity contribution is -0.137. The summed E-state index contributed by atoms with van der Waals surface area (Å²) in [5.41, 5.74) is 1.45. The first kappa shape index (κ1) is 24.2. The third kappa shape index (κ3) is 6.55. The average molecular weight is 475 g/mol. The Labute approximate surface area is 192 Å². The maximum Gasteiger partial charge on any atom is 0.303 e. The predicted octanol–water partition coefficient (Wildman–Crippen LogP) is 2.92. The molecule has 2 aromatic rings. The molecule has 0 spiro atoms. The number of hydrogen-bond donors (Lipinski definition) is 2. The Balaban J connectivity index is 1.72. The van der Waals surface area contributed by atoms with Gasteiger partial charge >= 0.3 is 5.97 Å². The minimum Gasteiger partial charge on any atom is -0.491 e. The highest BCUT2D eigenvalue weighted by molar-refractivity contribution is 7.92. The number of nitrogens with one attached hydrogen (secondary N) is 1. The van der Waals surface area contributed by atoms with Gasteiger partial charge in [0.1, 0.15) is 5.75 Å². The molecule has 9 nitrogen and oxygen atoms in total. The summed E-state index contributed by atoms with van der Waals surface area (Å²) < 4.78 is 31.8. The Kier molecular flexibility index (Phi) is 7.70. The Morgan fingerprint density at radius 3 is 2.33 bits per heavy atom. The molecular weight excluding hydrogens is 448 g/mol. The van der Waals surface area contributed by atoms with E-state index in [0.29, 0.717) is 13.0 Å². The van der Waals surface area contributed by atoms with Gasteiger partial charge in [0.15, 0.2) is 0 Å². The molecule has 10 heteroatoms. The standard InChI is InChI=1S/C23H26N2O7S/c1-33(30,31)24-19-14-17-18(23(29)25(22(17)28)12-7-11-21(26)27)15-20(19)32-13-6-5-10-16-8-3-2-4-9-16/h2-4,8-9,14-15,24H,5-7,10-13H2,1H3,(H,26,27). The van der Waals surface area contributed by atoms with Crippen LogP contribution in [0.2, 0.25) is 0 Å². The molecule has 2 aromatic carbocycles. The maximum atomic E-state index is 12.7. The van der Waals surface area contributed by atoms with E-state index < -0.39 is 27.8 Å². The molecule has 0 aliphatic carbocycles. The van der Waals surface area contributed by atoms with Crippen LogP contribution in [0.1, 0.15) is 52.0 Å². The minimum atomic E-state index is -3.66. The Morgan fingerprint density at radius 1 is 1.03 bits per heavy atom. The number of hydrogen-bond acceptors (Lipinski definition) is 6. The fraction of sp³-hybridized carbons (Fsp3) is 0.348. The van der Waals surface area contributed by atoms with Crippen molar-refractivity contribution in [2.24, 2.45) is 0 Å². The monoisotopic (exact) mass is 474 g/mol. The number of aliphatic carboxylic acids is 1. The maximum absolute atomic E-state index is 12.7. The topological polar surface area (TPSA) is 130 Å². The van der Waals surface area contributed by atoms with Gasteiger partial charge in [-0.1, -0.05) is 30.3 Å². The summed E-state index contributed by atoms with van der Waals surface area (Å²) in [5, 5.41) is 8.79. The number of rotatable bonds is 12. The molecule has 0 fully saturated rings. The first-order valence-electron chi connectivity index (χ1n) is 10.6. The van der Waals surface area contributed by atoms with E-state index in [-0.39, 0.29) is 42.0 Å². The van der Waals surface area contributed by atoms with Crippen molar-refractivity contribution >= 4 is 33.5 Å². The second-order valence-corrected chi connectivity index (χ2v) is 9.57. The number of anilines is 1. The van der Waals surface area contributed by atoms with E-state index in [1.807, 2.05) is 30.3 Å². The number of carboxylic acid groups (broad SMARTS) is 1. The summed E-state index contributed by atoms with van der Waals surface area (Å²) >= 11 is 0. The Hall–Kier alpha value is -3.40. The zero-order valence-corrected chi connectivity index (χ0v) is 19.1. The molecule has 176 valence electrons. The molecule has 0 saturated carbocycles. The molecule has 1 aliphatic rings. The molecule has 2 amide bonds. The molecule has 2 N–H and O–H groups in total. The first-order valence-corrected chi connectivity index (χ1v) is 12.5. The van der Waals surface area contributed by atoms with Crippen LogP contribution >= 0.6 is 0 Å². The van der Waals surface area contributed by atoms with Gasteiger partial charge in [-0.3, -0.25) is 24.0 Å². The Bertz CT molecular complexity index is 1150. The van der Waals surface area contributed by atoms with E-state index in [9.17, 15) is 22.8 Å². The summed E-state index contributed by atoms with van der Waals surface area (Å²) in [6.45, 7) is 0.262. The van der Waals surface area contributed by atoms with Gasteiger partial charge < -0.3 is 9.84 Å². The van der Waals surface area contributed by atoms with Gasteiger partial charge in [-0.25, -0.2) is 8.42 Å². The van der Waals surface area contributed by atoms with E-state index in [0.717, 1.165) is 24.0 Å². The van der Waals surface area contributed by atoms with Crippen LogP contribution in [0.15, 0.2) is 42.5 Å². The highest BCUT2D eigenvalue weighted by Gasteiger charge is 2.36. The molecule has 3 rings (SSSR count). The molecule has 0 saturated heterocycles. The molecule has 0 atom stereocenters. The van der Waals surface area contributed by atoms with E-state index >= 15 is 0 Å². The summed E-state index contributed by atoms with van der Waals surface area (Å²) in [4.78, 5) is 37.1. The number of amides is 2. The molecule has 33 heavy (non-hydrogen) atoms. The van der Waals surface area contributed by atoms with Crippen molar-refractivity contribution in [2.75, 3.05) is 24.1 Å². The van der Waals surface area contributed by atoms with Crippen LogP contribution in [0.4, 0.5) is 5.69 Å². The van der Waals surface area contributed by atoms with E-state index in [1.54, 1.807) is 0 Å². The van der Waals surface area contributed by atoms with Gasteiger partial charge in [0.05, 0.1) is 29.7 Å². The van der Waals surface area contributed by atoms with E-state index in [4.69, 9.17) is 9.84 Å². The quantitative estimate of drug-likeness (QED) is 0.357. The predicted molar refractivity (Wildman–Crippen MR) is 122 cm³/mol. The zero-order valence-electron chi connectivity index (χ0n) is 18.2. The van der Waals surface area contributed by atoms with Crippen LogP contribution in [0.25, 0.3) is 0 Å². The molecule has 1 heterocycles. The first-order chi connectivity index (χ1) is 15.7. The molecule has 0 radical (unpaired) electrons. The lowest BCUT2D eigenvalue weighted by Gasteiger charge is -2.13. The summed E-state index contributed by atoms with van der Waals surface area (Å²) in [6.07, 6.45) is 3.37. The number of ether oxygens (including phenoxy) is 1. The van der Waals surface area contributed by atoms with Crippen molar-refractivity contribution in [2.45, 2.75) is 32.1 Å². The second-order valence-electron chi connectivity index (χ2n) is 7.82. The summed E-state index contributed by atoms with van der Waals surface area (Å²) in [6, 6.07) is 12.7. The van der Waals surface area contributed by atoms with Gasteiger partial charge in [-0.05, 0) is 43.4 Å². The van der Waals surface area contributed by atoms with Crippen molar-refractivity contribution in [1.82, 2.24) is 4.90 Å². The number of imide groups is 1. The number of nitrogens with zero attached hydrogens (tertiary/aromatic N) is 1. The van der Waals surface area contributed by atoms with E-state index in [2.05, 4.69) is 4.72 Å². The van der Waals surface area contributed by atoms with Crippen molar-refractivity contribution < 1.29 is 32.6 Å². The average Bonchev–Trinajstić information content (AvgIpc) is 2.97. The zero-order chi connectivity index (χ0) is 24.0. The Morgan fingerprint density at radius 2 is 1.70 bits per heavy atom. The lowest BCUT2D eigenvalue weighted by atomic mass is 10.1. The normalized spacial score (nSPS) is 13.2. The number of unbranched alkanes of at least 4 members (excludes halogenated alkanes) is 1. The molecular formula is C23H26N2O7S. The van der Waals surface area contributed by atoms with Gasteiger partial charge in [-0.15, -0.1) is 0 Å². The highest BCUT2D eigenvalue weighted by atomic mass is 32.2. The van der Waals surface area contributed by atoms with Crippen molar-refractivity contribution in [3.8, 4) is 5.75 Å². The highest BCUT2D eigenvalue weighted by Crippen LogP contribution is 2.34. The number of fused-ring (bicyclic) bond motifs is 1. The summed E-state index contributed by atoms with van der Waals surface area (Å²) in [5.74, 6) is -2.01. The van der Waals surface area contributed by atoms with Crippen molar-refractivity contribution in [1.29, 1.82) is 0 Å². The SMILES string of the molecule is CS(=O)(=O)Nc1cc2c(cc1OCCCCc1ccccc1)C(=O)N(CCCC(=O)O)C2=O. The van der Waals surface area contributed by atoms with Crippen LogP contribution in [-0.2, 0) is 21.2 Å². The number of carboxylic acids is 1. The minimum absolute atomic E-state index is 0.0385. The molecule has 0 unspecified atom stereocenters. The third-order valence-corrected chi connectivity index (χ3v) is 5.69. The van der Waals surface area contributed by atoms with Crippen molar-refractivity contribution in [3.63, 3.8) is 0 Å². The number of sulfonamides is 1. The van der Waals surface area contributed by atoms with Crippen molar-refractivity contribution in [3.05, 3.63) is 59.2 Å². The third-order valence-electron chi connectivity index (χ3n) is 5.10. The van der Waals surface area contributed by atoms with Gasteiger partial charge in [0.2, 0.25) is 10.0 Å². The van der Waals surface area contributed by atoms with Crippen LogP contribution in [-0.4, -0.2) is 55.6 Å². The van der Waals surface area contributed by atoms with Gasteiger partial charge in [0, 0.05) is 13.0 Å². The number of benzene rings is 2. The van der Waals surface area contributed by atoms with Crippen LogP contribution < -0.4 is 9.46 Å². The van der Waals surface area contributed by atoms with Gasteiger partial charge in [-0.2, -0.15) is 0 Å².